The predicted molar refractivity (Wildman–Crippen MR) is 241 cm³/mol. The minimum atomic E-state index is -4.54. The third-order valence-corrected chi connectivity index (χ3v) is 13.1. The first-order chi connectivity index (χ1) is 30.4. The number of piperidine rings is 1. The number of alkyl halides is 3. The molecule has 3 aromatic rings. The van der Waals surface area contributed by atoms with Gasteiger partial charge >= 0.3 is 12.3 Å². The number of halogens is 3. The number of carbonyl (C=O) groups excluding carboxylic acids is 4. The summed E-state index contributed by atoms with van der Waals surface area (Å²) < 4.78 is 46.0. The molecule has 2 saturated heterocycles. The van der Waals surface area contributed by atoms with E-state index in [1.807, 2.05) is 30.6 Å². The Morgan fingerprint density at radius 3 is 2.33 bits per heavy atom. The maximum atomic E-state index is 14.0. The van der Waals surface area contributed by atoms with Crippen molar-refractivity contribution in [1.82, 2.24) is 35.3 Å². The van der Waals surface area contributed by atoms with Crippen LogP contribution >= 0.6 is 0 Å². The van der Waals surface area contributed by atoms with Crippen LogP contribution in [-0.2, 0) is 31.7 Å². The second kappa shape index (κ2) is 21.3. The fraction of sp³-hybridized carbons (Fsp3) is 0.625. The number of nitrogens with one attached hydrogen (secondary N) is 3. The number of nitrogens with zero attached hydrogens (tertiary/aromatic N) is 5. The van der Waals surface area contributed by atoms with Crippen molar-refractivity contribution in [3.8, 4) is 0 Å². The Bertz CT molecular complexity index is 2070. The number of aryl methyl sites for hydroxylation is 1. The molecule has 0 radical (unpaired) electrons. The van der Waals surface area contributed by atoms with E-state index in [1.54, 1.807) is 0 Å². The average Bonchev–Trinajstić information content (AvgIpc) is 3.61. The Morgan fingerprint density at radius 1 is 0.906 bits per heavy atom. The van der Waals surface area contributed by atoms with E-state index in [0.717, 1.165) is 69.3 Å². The fourth-order valence-corrected chi connectivity index (χ4v) is 9.33. The van der Waals surface area contributed by atoms with Crippen molar-refractivity contribution in [3.05, 3.63) is 65.5 Å². The first-order valence-corrected chi connectivity index (χ1v) is 23.1. The topological polar surface area (TPSA) is 149 Å². The third kappa shape index (κ3) is 13.1. The van der Waals surface area contributed by atoms with Gasteiger partial charge in [-0.15, -0.1) is 0 Å². The summed E-state index contributed by atoms with van der Waals surface area (Å²) in [4.78, 5) is 66.9. The minimum absolute atomic E-state index is 0.0734. The van der Waals surface area contributed by atoms with E-state index in [1.165, 1.54) is 18.0 Å². The highest BCUT2D eigenvalue weighted by Gasteiger charge is 2.43. The molecule has 1 aromatic heterocycles. The summed E-state index contributed by atoms with van der Waals surface area (Å²) in [5, 5.41) is 9.41. The molecule has 6 rings (SSSR count). The van der Waals surface area contributed by atoms with Gasteiger partial charge in [0.15, 0.2) is 0 Å². The van der Waals surface area contributed by atoms with Gasteiger partial charge in [0.05, 0.1) is 23.2 Å². The lowest BCUT2D eigenvalue weighted by atomic mass is 9.84. The molecule has 1 saturated carbocycles. The second-order valence-electron chi connectivity index (χ2n) is 19.1. The van der Waals surface area contributed by atoms with E-state index >= 15 is 0 Å². The number of rotatable bonds is 16. The molecule has 3 fully saturated rings. The summed E-state index contributed by atoms with van der Waals surface area (Å²) in [6, 6.07) is 11.2. The van der Waals surface area contributed by atoms with Crippen molar-refractivity contribution >= 4 is 40.5 Å². The first-order valence-electron chi connectivity index (χ1n) is 23.1. The lowest BCUT2D eigenvalue weighted by Gasteiger charge is -2.44. The number of alkyl carbamates (subject to hydrolysis) is 1. The van der Waals surface area contributed by atoms with Crippen LogP contribution in [0, 0.1) is 0 Å². The molecule has 3 heterocycles. The number of fused-ring (bicyclic) bond motifs is 1. The molecule has 4 amide bonds. The minimum Gasteiger partial charge on any atom is -0.444 e. The summed E-state index contributed by atoms with van der Waals surface area (Å²) in [5.41, 5.74) is 1.31. The zero-order valence-corrected chi connectivity index (χ0v) is 38.3. The van der Waals surface area contributed by atoms with Crippen molar-refractivity contribution in [2.75, 3.05) is 38.5 Å². The zero-order valence-electron chi connectivity index (χ0n) is 38.3. The van der Waals surface area contributed by atoms with Crippen LogP contribution in [0.4, 0.5) is 23.8 Å². The van der Waals surface area contributed by atoms with Crippen LogP contribution < -0.4 is 16.0 Å². The SMILES string of the molecule is CC(C)N(C)[C@@H]1CC[C@H](N2CC[C@H](Nc3ncnc4ccc(C(F)(F)F)cc34)C2=O)[C@H](NC(=O)CCc2ccc(C3CCN(C(=O)CCCCCNC(=O)OC(C)(C)C)CC3)cc2)C1. The summed E-state index contributed by atoms with van der Waals surface area (Å²) in [6.07, 6.45) is 4.65. The van der Waals surface area contributed by atoms with Crippen LogP contribution in [-0.4, -0.2) is 118 Å². The normalized spacial score (nSPS) is 21.1. The van der Waals surface area contributed by atoms with Crippen molar-refractivity contribution < 1.29 is 37.1 Å². The number of aromatic nitrogens is 2. The number of ether oxygens (including phenoxy) is 1. The van der Waals surface area contributed by atoms with Gasteiger partial charge in [0.1, 0.15) is 23.8 Å². The van der Waals surface area contributed by atoms with Gasteiger partial charge in [0.2, 0.25) is 17.7 Å². The Balaban J connectivity index is 0.975. The number of amides is 4. The van der Waals surface area contributed by atoms with Crippen molar-refractivity contribution in [1.29, 1.82) is 0 Å². The van der Waals surface area contributed by atoms with E-state index in [-0.39, 0.29) is 47.1 Å². The smallest absolute Gasteiger partial charge is 0.416 e. The molecule has 0 unspecified atom stereocenters. The maximum absolute atomic E-state index is 14.0. The molecule has 0 bridgehead atoms. The third-order valence-electron chi connectivity index (χ3n) is 13.1. The number of hydrogen-bond acceptors (Lipinski definition) is 9. The highest BCUT2D eigenvalue weighted by molar-refractivity contribution is 5.93. The van der Waals surface area contributed by atoms with E-state index in [9.17, 15) is 32.3 Å². The lowest BCUT2D eigenvalue weighted by Crippen LogP contribution is -2.58. The van der Waals surface area contributed by atoms with Crippen molar-refractivity contribution in [3.63, 3.8) is 0 Å². The van der Waals surface area contributed by atoms with Crippen molar-refractivity contribution in [2.45, 2.75) is 160 Å². The molecule has 13 nitrogen and oxygen atoms in total. The molecule has 1 aliphatic carbocycles. The van der Waals surface area contributed by atoms with Gasteiger partial charge in [-0.1, -0.05) is 30.7 Å². The molecule has 3 aliphatic rings. The van der Waals surface area contributed by atoms with Gasteiger partial charge in [-0.2, -0.15) is 13.2 Å². The van der Waals surface area contributed by atoms with E-state index in [4.69, 9.17) is 4.74 Å². The Morgan fingerprint density at radius 2 is 1.64 bits per heavy atom. The largest absolute Gasteiger partial charge is 0.444 e. The van der Waals surface area contributed by atoms with Gasteiger partial charge in [-0.05, 0) is 135 Å². The van der Waals surface area contributed by atoms with Crippen LogP contribution in [0.15, 0.2) is 48.8 Å². The monoisotopic (exact) mass is 893 g/mol. The first kappa shape index (κ1) is 48.5. The van der Waals surface area contributed by atoms with Crippen LogP contribution in [0.2, 0.25) is 0 Å². The highest BCUT2D eigenvalue weighted by Crippen LogP contribution is 2.35. The number of benzene rings is 2. The fourth-order valence-electron chi connectivity index (χ4n) is 9.33. The molecule has 350 valence electrons. The summed E-state index contributed by atoms with van der Waals surface area (Å²) in [7, 11) is 2.10. The zero-order chi connectivity index (χ0) is 46.2. The molecule has 4 atom stereocenters. The van der Waals surface area contributed by atoms with Crippen LogP contribution in [0.5, 0.6) is 0 Å². The maximum Gasteiger partial charge on any atom is 0.416 e. The number of unbranched alkanes of at least 4 members (excludes halogenated alkanes) is 2. The van der Waals surface area contributed by atoms with Gasteiger partial charge in [0, 0.05) is 56.5 Å². The van der Waals surface area contributed by atoms with Crippen LogP contribution in [0.1, 0.15) is 128 Å². The number of likely N-dealkylation sites (tertiary alicyclic amines) is 2. The standard InChI is InChI=1S/C48H67F3N8O5/c1-31(2)57(6)36-17-19-41(59-27-23-39(45(59)62)56-44-37-28-35(48(49,50)51)16-18-38(37)53-30-54-44)40(29-36)55-42(60)20-13-32-11-14-33(15-12-32)34-21-25-58(26-22-34)43(61)10-8-7-9-24-52-46(63)64-47(3,4)5/h11-12,14-16,18,28,30-31,34,36,39-41H,7-10,13,17,19-27,29H2,1-6H3,(H,52,63)(H,55,60)(H,53,54,56)/t36-,39+,40-,41+/m1/s1. The van der Waals surface area contributed by atoms with E-state index < -0.39 is 29.5 Å². The molecule has 2 aliphatic heterocycles. The highest BCUT2D eigenvalue weighted by atomic mass is 19.4. The molecular weight excluding hydrogens is 826 g/mol. The van der Waals surface area contributed by atoms with Crippen molar-refractivity contribution in [2.24, 2.45) is 0 Å². The number of carbonyl (C=O) groups is 4. The summed E-state index contributed by atoms with van der Waals surface area (Å²) in [6.45, 7) is 12.2. The predicted octanol–water partition coefficient (Wildman–Crippen LogP) is 7.83. The summed E-state index contributed by atoms with van der Waals surface area (Å²) in [5.74, 6) is 0.500. The van der Waals surface area contributed by atoms with Gasteiger partial charge in [-0.3, -0.25) is 14.4 Å². The van der Waals surface area contributed by atoms with Crippen LogP contribution in [0.25, 0.3) is 10.9 Å². The van der Waals surface area contributed by atoms with Gasteiger partial charge in [0.25, 0.3) is 0 Å². The molecular formula is C48H67F3N8O5. The Hall–Kier alpha value is -4.99. The molecule has 3 N–H and O–H groups in total. The average molecular weight is 893 g/mol. The van der Waals surface area contributed by atoms with Crippen LogP contribution in [0.3, 0.4) is 0 Å². The second-order valence-corrected chi connectivity index (χ2v) is 19.1. The van der Waals surface area contributed by atoms with E-state index in [0.29, 0.717) is 69.1 Å². The molecule has 16 heteroatoms. The molecule has 64 heavy (non-hydrogen) atoms. The quantitative estimate of drug-likeness (QED) is 0.122. The molecule has 2 aromatic carbocycles. The summed E-state index contributed by atoms with van der Waals surface area (Å²) >= 11 is 0. The number of anilines is 1. The Kier molecular flexibility index (Phi) is 16.2. The lowest BCUT2D eigenvalue weighted by molar-refractivity contribution is -0.137. The van der Waals surface area contributed by atoms with Gasteiger partial charge in [-0.25, -0.2) is 14.8 Å². The van der Waals surface area contributed by atoms with E-state index in [2.05, 4.69) is 76.0 Å². The Labute approximate surface area is 375 Å². The number of hydrogen-bond donors (Lipinski definition) is 3. The van der Waals surface area contributed by atoms with Gasteiger partial charge < -0.3 is 35.4 Å². The molecule has 0 spiro atoms.